The Kier molecular flexibility index (Phi) is 5.69. The van der Waals surface area contributed by atoms with E-state index in [1.54, 1.807) is 0 Å². The number of nitrogens with two attached hydrogens (primary N) is 1. The van der Waals surface area contributed by atoms with Gasteiger partial charge in [-0.15, -0.1) is 0 Å². The molecule has 88 valence electrons. The lowest BCUT2D eigenvalue weighted by atomic mass is 10.1. The summed E-state index contributed by atoms with van der Waals surface area (Å²) in [5.74, 6) is 0.692. The highest BCUT2D eigenvalue weighted by Gasteiger charge is 2.26. The zero-order valence-electron chi connectivity index (χ0n) is 9.87. The summed E-state index contributed by atoms with van der Waals surface area (Å²) in [5, 5.41) is 0. The summed E-state index contributed by atoms with van der Waals surface area (Å²) in [5.41, 5.74) is 5.49. The van der Waals surface area contributed by atoms with Crippen LogP contribution in [0.15, 0.2) is 0 Å². The van der Waals surface area contributed by atoms with Crippen molar-refractivity contribution >= 4 is 5.91 Å². The molecule has 1 rings (SSSR count). The first-order valence-corrected chi connectivity index (χ1v) is 6.28. The van der Waals surface area contributed by atoms with Crippen LogP contribution in [0, 0.1) is 5.92 Å². The molecule has 1 saturated carbocycles. The molecule has 0 aromatic carbocycles. The Morgan fingerprint density at radius 1 is 1.33 bits per heavy atom. The van der Waals surface area contributed by atoms with Crippen LogP contribution in [0.4, 0.5) is 0 Å². The van der Waals surface area contributed by atoms with Crippen molar-refractivity contribution in [2.24, 2.45) is 11.7 Å². The van der Waals surface area contributed by atoms with Gasteiger partial charge in [0.05, 0.1) is 0 Å². The van der Waals surface area contributed by atoms with Crippen molar-refractivity contribution in [2.75, 3.05) is 19.6 Å². The fourth-order valence-electron chi connectivity index (χ4n) is 2.32. The van der Waals surface area contributed by atoms with Gasteiger partial charge in [0.25, 0.3) is 0 Å². The molecule has 3 heteroatoms. The highest BCUT2D eigenvalue weighted by molar-refractivity contribution is 5.79. The van der Waals surface area contributed by atoms with Crippen LogP contribution in [0.3, 0.4) is 0 Å². The Balaban J connectivity index is 2.41. The van der Waals surface area contributed by atoms with E-state index in [4.69, 9.17) is 5.73 Å². The molecule has 1 amide bonds. The molecule has 1 fully saturated rings. The van der Waals surface area contributed by atoms with Crippen LogP contribution in [0.25, 0.3) is 0 Å². The van der Waals surface area contributed by atoms with E-state index in [-0.39, 0.29) is 0 Å². The van der Waals surface area contributed by atoms with Gasteiger partial charge in [-0.3, -0.25) is 4.79 Å². The number of nitrogens with zero attached hydrogens (tertiary/aromatic N) is 1. The molecular formula is C12H24N2O. The molecule has 0 radical (unpaired) electrons. The molecule has 0 spiro atoms. The average Bonchev–Trinajstić information content (AvgIpc) is 2.76. The molecule has 0 atom stereocenters. The van der Waals surface area contributed by atoms with E-state index in [2.05, 4.69) is 6.92 Å². The minimum atomic E-state index is 0.314. The smallest absolute Gasteiger partial charge is 0.225 e. The van der Waals surface area contributed by atoms with Crippen LogP contribution < -0.4 is 5.73 Å². The third kappa shape index (κ3) is 3.82. The Morgan fingerprint density at radius 2 is 2.00 bits per heavy atom. The summed E-state index contributed by atoms with van der Waals surface area (Å²) >= 11 is 0. The van der Waals surface area contributed by atoms with Crippen molar-refractivity contribution in [3.05, 3.63) is 0 Å². The summed E-state index contributed by atoms with van der Waals surface area (Å²) in [6, 6.07) is 0. The summed E-state index contributed by atoms with van der Waals surface area (Å²) in [6.45, 7) is 4.55. The zero-order chi connectivity index (χ0) is 11.1. The molecule has 1 aliphatic carbocycles. The van der Waals surface area contributed by atoms with Gasteiger partial charge in [0.15, 0.2) is 0 Å². The number of carbonyl (C=O) groups is 1. The Morgan fingerprint density at radius 3 is 2.53 bits per heavy atom. The first kappa shape index (κ1) is 12.5. The Labute approximate surface area is 93.0 Å². The van der Waals surface area contributed by atoms with Gasteiger partial charge in [-0.2, -0.15) is 0 Å². The maximum absolute atomic E-state index is 12.1. The largest absolute Gasteiger partial charge is 0.342 e. The number of rotatable bonds is 6. The normalized spacial score (nSPS) is 16.9. The van der Waals surface area contributed by atoms with Gasteiger partial charge in [0, 0.05) is 19.0 Å². The first-order valence-electron chi connectivity index (χ1n) is 6.28. The molecule has 0 heterocycles. The monoisotopic (exact) mass is 212 g/mol. The van der Waals surface area contributed by atoms with Gasteiger partial charge in [0.2, 0.25) is 5.91 Å². The molecule has 0 aromatic heterocycles. The average molecular weight is 212 g/mol. The van der Waals surface area contributed by atoms with Crippen LogP contribution in [-0.4, -0.2) is 30.4 Å². The van der Waals surface area contributed by atoms with E-state index in [0.717, 1.165) is 38.8 Å². The lowest BCUT2D eigenvalue weighted by Gasteiger charge is -2.25. The summed E-state index contributed by atoms with van der Waals surface area (Å²) < 4.78 is 0. The number of hydrogen-bond acceptors (Lipinski definition) is 2. The maximum atomic E-state index is 12.1. The van der Waals surface area contributed by atoms with Gasteiger partial charge in [0.1, 0.15) is 0 Å². The van der Waals surface area contributed by atoms with Crippen LogP contribution in [0.2, 0.25) is 0 Å². The fraction of sp³-hybridized carbons (Fsp3) is 0.917. The lowest BCUT2D eigenvalue weighted by molar-refractivity contribution is -0.135. The molecule has 0 saturated heterocycles. The first-order chi connectivity index (χ1) is 7.29. The van der Waals surface area contributed by atoms with Crippen LogP contribution in [-0.2, 0) is 4.79 Å². The summed E-state index contributed by atoms with van der Waals surface area (Å²) in [6.07, 6.45) is 6.63. The van der Waals surface area contributed by atoms with Gasteiger partial charge in [-0.1, -0.05) is 19.8 Å². The minimum absolute atomic E-state index is 0.314. The molecule has 3 nitrogen and oxygen atoms in total. The standard InChI is InChI=1S/C12H24N2O/c1-2-9-14(10-5-8-13)12(15)11-6-3-4-7-11/h11H,2-10,13H2,1H3. The number of hydrogen-bond donors (Lipinski definition) is 1. The summed E-state index contributed by atoms with van der Waals surface area (Å²) in [4.78, 5) is 14.1. The van der Waals surface area contributed by atoms with Crippen LogP contribution >= 0.6 is 0 Å². The zero-order valence-corrected chi connectivity index (χ0v) is 9.87. The van der Waals surface area contributed by atoms with E-state index in [1.165, 1.54) is 12.8 Å². The van der Waals surface area contributed by atoms with Crippen molar-refractivity contribution in [3.63, 3.8) is 0 Å². The van der Waals surface area contributed by atoms with Crippen molar-refractivity contribution in [1.82, 2.24) is 4.90 Å². The van der Waals surface area contributed by atoms with Gasteiger partial charge < -0.3 is 10.6 Å². The highest BCUT2D eigenvalue weighted by Crippen LogP contribution is 2.26. The fourth-order valence-corrected chi connectivity index (χ4v) is 2.32. The molecular weight excluding hydrogens is 188 g/mol. The number of carbonyl (C=O) groups excluding carboxylic acids is 1. The molecule has 15 heavy (non-hydrogen) atoms. The molecule has 0 aromatic rings. The molecule has 0 unspecified atom stereocenters. The molecule has 1 aliphatic rings. The Bertz CT molecular complexity index is 188. The minimum Gasteiger partial charge on any atom is -0.342 e. The van der Waals surface area contributed by atoms with Crippen LogP contribution in [0.5, 0.6) is 0 Å². The lowest BCUT2D eigenvalue weighted by Crippen LogP contribution is -2.37. The summed E-state index contributed by atoms with van der Waals surface area (Å²) in [7, 11) is 0. The van der Waals surface area contributed by atoms with E-state index in [1.807, 2.05) is 4.90 Å². The van der Waals surface area contributed by atoms with Crippen molar-refractivity contribution < 1.29 is 4.79 Å². The molecule has 0 aliphatic heterocycles. The van der Waals surface area contributed by atoms with Crippen molar-refractivity contribution in [1.29, 1.82) is 0 Å². The number of amides is 1. The van der Waals surface area contributed by atoms with Crippen LogP contribution in [0.1, 0.15) is 45.4 Å². The maximum Gasteiger partial charge on any atom is 0.225 e. The van der Waals surface area contributed by atoms with Gasteiger partial charge in [-0.25, -0.2) is 0 Å². The van der Waals surface area contributed by atoms with E-state index in [0.29, 0.717) is 18.4 Å². The second-order valence-corrected chi connectivity index (χ2v) is 4.45. The van der Waals surface area contributed by atoms with E-state index < -0.39 is 0 Å². The second-order valence-electron chi connectivity index (χ2n) is 4.45. The topological polar surface area (TPSA) is 46.3 Å². The Hall–Kier alpha value is -0.570. The third-order valence-electron chi connectivity index (χ3n) is 3.14. The molecule has 0 bridgehead atoms. The van der Waals surface area contributed by atoms with Crippen molar-refractivity contribution in [2.45, 2.75) is 45.4 Å². The predicted molar refractivity (Wildman–Crippen MR) is 62.5 cm³/mol. The quantitative estimate of drug-likeness (QED) is 0.729. The predicted octanol–water partition coefficient (Wildman–Crippen LogP) is 1.76. The van der Waals surface area contributed by atoms with E-state index >= 15 is 0 Å². The van der Waals surface area contributed by atoms with Gasteiger partial charge in [-0.05, 0) is 32.2 Å². The third-order valence-corrected chi connectivity index (χ3v) is 3.14. The highest BCUT2D eigenvalue weighted by atomic mass is 16.2. The SMILES string of the molecule is CCCN(CCCN)C(=O)C1CCCC1. The second kappa shape index (κ2) is 6.83. The van der Waals surface area contributed by atoms with Crippen molar-refractivity contribution in [3.8, 4) is 0 Å². The van der Waals surface area contributed by atoms with E-state index in [9.17, 15) is 4.79 Å². The molecule has 2 N–H and O–H groups in total. The van der Waals surface area contributed by atoms with Gasteiger partial charge >= 0.3 is 0 Å².